The maximum absolute atomic E-state index is 8.47. The Kier molecular flexibility index (Phi) is 12.2. The highest BCUT2D eigenvalue weighted by Gasteiger charge is 1.89. The highest BCUT2D eigenvalue weighted by atomic mass is 16.2. The Morgan fingerprint density at radius 2 is 1.53 bits per heavy atom. The van der Waals surface area contributed by atoms with E-state index in [-0.39, 0.29) is 5.84 Å². The molecule has 1 aromatic rings. The van der Waals surface area contributed by atoms with E-state index < -0.39 is 0 Å². The van der Waals surface area contributed by atoms with Crippen LogP contribution in [0.2, 0.25) is 0 Å². The van der Waals surface area contributed by atoms with Gasteiger partial charge in [0, 0.05) is 12.2 Å². The second-order valence-electron chi connectivity index (χ2n) is 4.62. The van der Waals surface area contributed by atoms with E-state index >= 15 is 0 Å². The van der Waals surface area contributed by atoms with Crippen molar-refractivity contribution in [3.63, 3.8) is 0 Å². The van der Waals surface area contributed by atoms with Crippen LogP contribution in [0.4, 0.5) is 0 Å². The molecule has 0 spiro atoms. The predicted molar refractivity (Wildman–Crippen MR) is 82.5 cm³/mol. The Hall–Kier alpha value is -1.35. The first kappa shape index (κ1) is 17.6. The molecule has 108 valence electrons. The number of hydrogen-bond acceptors (Lipinski definition) is 2. The number of nitrogen functional groups attached to an aromatic ring is 1. The minimum atomic E-state index is 0.121. The quantitative estimate of drug-likeness (QED) is 0.380. The molecule has 1 rings (SSSR count). The maximum Gasteiger partial charge on any atom is 0.122 e. The molecule has 0 aliphatic rings. The van der Waals surface area contributed by atoms with Gasteiger partial charge in [-0.05, 0) is 6.42 Å². The number of aliphatic hydroxyl groups is 1. The third-order valence-corrected chi connectivity index (χ3v) is 2.85. The van der Waals surface area contributed by atoms with E-state index in [4.69, 9.17) is 16.2 Å². The van der Waals surface area contributed by atoms with Crippen molar-refractivity contribution >= 4 is 5.84 Å². The molecule has 3 nitrogen and oxygen atoms in total. The molecule has 0 aromatic heterocycles. The van der Waals surface area contributed by atoms with Gasteiger partial charge in [0.25, 0.3) is 0 Å². The summed E-state index contributed by atoms with van der Waals surface area (Å²) in [5.41, 5.74) is 5.97. The normalized spacial score (nSPS) is 9.58. The van der Waals surface area contributed by atoms with Crippen LogP contribution in [0.3, 0.4) is 0 Å². The highest BCUT2D eigenvalue weighted by Crippen LogP contribution is 2.05. The lowest BCUT2D eigenvalue weighted by Gasteiger charge is -1.97. The minimum absolute atomic E-state index is 0.121. The summed E-state index contributed by atoms with van der Waals surface area (Å²) in [7, 11) is 0. The molecule has 19 heavy (non-hydrogen) atoms. The summed E-state index contributed by atoms with van der Waals surface area (Å²) in [4.78, 5) is 0. The van der Waals surface area contributed by atoms with Gasteiger partial charge in [0.2, 0.25) is 0 Å². The van der Waals surface area contributed by atoms with Gasteiger partial charge < -0.3 is 10.8 Å². The van der Waals surface area contributed by atoms with Gasteiger partial charge >= 0.3 is 0 Å². The third-order valence-electron chi connectivity index (χ3n) is 2.85. The molecule has 0 unspecified atom stereocenters. The van der Waals surface area contributed by atoms with E-state index in [1.807, 2.05) is 30.3 Å². The number of rotatable bonds is 8. The number of nitrogens with one attached hydrogen (secondary N) is 1. The second-order valence-corrected chi connectivity index (χ2v) is 4.62. The lowest BCUT2D eigenvalue weighted by molar-refractivity contribution is 0.282. The van der Waals surface area contributed by atoms with Crippen molar-refractivity contribution in [1.82, 2.24) is 0 Å². The summed E-state index contributed by atoms with van der Waals surface area (Å²) in [6.45, 7) is 2.60. The van der Waals surface area contributed by atoms with Crippen molar-refractivity contribution in [2.75, 3.05) is 6.61 Å². The maximum atomic E-state index is 8.47. The summed E-state index contributed by atoms with van der Waals surface area (Å²) in [5, 5.41) is 15.5. The van der Waals surface area contributed by atoms with Crippen LogP contribution in [-0.4, -0.2) is 17.5 Å². The van der Waals surface area contributed by atoms with Gasteiger partial charge in [0.15, 0.2) is 0 Å². The van der Waals surface area contributed by atoms with Crippen molar-refractivity contribution in [2.45, 2.75) is 51.9 Å². The number of benzene rings is 1. The fraction of sp³-hybridized carbons (Fsp3) is 0.562. The monoisotopic (exact) mass is 264 g/mol. The van der Waals surface area contributed by atoms with E-state index in [0.717, 1.165) is 12.0 Å². The molecule has 0 aliphatic carbocycles. The van der Waals surface area contributed by atoms with E-state index in [9.17, 15) is 0 Å². The largest absolute Gasteiger partial charge is 0.396 e. The first-order valence-electron chi connectivity index (χ1n) is 7.22. The fourth-order valence-corrected chi connectivity index (χ4v) is 1.69. The van der Waals surface area contributed by atoms with Gasteiger partial charge in [0.1, 0.15) is 5.84 Å². The number of hydrogen-bond donors (Lipinski definition) is 3. The number of amidine groups is 1. The zero-order valence-corrected chi connectivity index (χ0v) is 12.1. The van der Waals surface area contributed by atoms with Crippen LogP contribution in [-0.2, 0) is 0 Å². The van der Waals surface area contributed by atoms with Crippen LogP contribution < -0.4 is 5.73 Å². The molecular formula is C16H28N2O. The zero-order chi connectivity index (χ0) is 14.3. The minimum Gasteiger partial charge on any atom is -0.396 e. The van der Waals surface area contributed by atoms with E-state index in [0.29, 0.717) is 6.61 Å². The summed E-state index contributed by atoms with van der Waals surface area (Å²) in [5.74, 6) is 0.121. The molecule has 0 atom stereocenters. The van der Waals surface area contributed by atoms with Crippen molar-refractivity contribution in [2.24, 2.45) is 5.73 Å². The molecule has 0 fully saturated rings. The lowest BCUT2D eigenvalue weighted by atomic mass is 10.1. The van der Waals surface area contributed by atoms with Crippen LogP contribution in [0.25, 0.3) is 0 Å². The third kappa shape index (κ3) is 11.5. The summed E-state index contributed by atoms with van der Waals surface area (Å²) in [6.07, 6.45) is 8.93. The standard InChI is InChI=1S/C9H20O.C7H8N2/c1-2-3-4-5-6-7-8-9-10;8-7(9)6-4-2-1-3-5-6/h10H,2-9H2,1H3;1-5H,(H3,8,9). The van der Waals surface area contributed by atoms with Gasteiger partial charge in [0.05, 0.1) is 0 Å². The molecule has 0 amide bonds. The molecule has 0 bridgehead atoms. The molecule has 0 heterocycles. The highest BCUT2D eigenvalue weighted by molar-refractivity contribution is 5.94. The summed E-state index contributed by atoms with van der Waals surface area (Å²) >= 11 is 0. The molecule has 0 saturated heterocycles. The Balaban J connectivity index is 0.000000342. The predicted octanol–water partition coefficient (Wildman–Crippen LogP) is 3.70. The van der Waals surface area contributed by atoms with Crippen molar-refractivity contribution < 1.29 is 5.11 Å². The van der Waals surface area contributed by atoms with Crippen molar-refractivity contribution in [3.8, 4) is 0 Å². The Morgan fingerprint density at radius 3 is 1.95 bits per heavy atom. The van der Waals surface area contributed by atoms with Gasteiger partial charge in [-0.2, -0.15) is 0 Å². The topological polar surface area (TPSA) is 70.1 Å². The average Bonchev–Trinajstić information content (AvgIpc) is 2.44. The number of nitrogens with two attached hydrogens (primary N) is 1. The first-order valence-corrected chi connectivity index (χ1v) is 7.22. The van der Waals surface area contributed by atoms with Gasteiger partial charge in [-0.25, -0.2) is 0 Å². The van der Waals surface area contributed by atoms with Crippen LogP contribution in [0, 0.1) is 5.41 Å². The lowest BCUT2D eigenvalue weighted by Crippen LogP contribution is -2.10. The number of unbranched alkanes of at least 4 members (excludes halogenated alkanes) is 6. The molecule has 3 heteroatoms. The molecular weight excluding hydrogens is 236 g/mol. The molecule has 1 aromatic carbocycles. The summed E-state index contributed by atoms with van der Waals surface area (Å²) in [6, 6.07) is 9.23. The van der Waals surface area contributed by atoms with E-state index in [1.165, 1.54) is 38.5 Å². The molecule has 0 saturated carbocycles. The fourth-order valence-electron chi connectivity index (χ4n) is 1.69. The Morgan fingerprint density at radius 1 is 1.00 bits per heavy atom. The first-order chi connectivity index (χ1) is 9.22. The van der Waals surface area contributed by atoms with Crippen molar-refractivity contribution in [1.29, 1.82) is 5.41 Å². The van der Waals surface area contributed by atoms with Crippen molar-refractivity contribution in [3.05, 3.63) is 35.9 Å². The molecule has 4 N–H and O–H groups in total. The SMILES string of the molecule is CCCCCCCCCO.N=C(N)c1ccccc1. The Labute approximate surface area is 117 Å². The molecule has 0 radical (unpaired) electrons. The second kappa shape index (κ2) is 13.1. The van der Waals surface area contributed by atoms with E-state index in [2.05, 4.69) is 6.92 Å². The van der Waals surface area contributed by atoms with Crippen LogP contribution in [0.15, 0.2) is 30.3 Å². The van der Waals surface area contributed by atoms with Crippen LogP contribution >= 0.6 is 0 Å². The van der Waals surface area contributed by atoms with Gasteiger partial charge in [-0.3, -0.25) is 5.41 Å². The van der Waals surface area contributed by atoms with Gasteiger partial charge in [-0.1, -0.05) is 75.8 Å². The smallest absolute Gasteiger partial charge is 0.122 e. The van der Waals surface area contributed by atoms with E-state index in [1.54, 1.807) is 0 Å². The Bertz CT molecular complexity index is 304. The average molecular weight is 264 g/mol. The van der Waals surface area contributed by atoms with Crippen LogP contribution in [0.1, 0.15) is 57.4 Å². The molecule has 0 aliphatic heterocycles. The van der Waals surface area contributed by atoms with Gasteiger partial charge in [-0.15, -0.1) is 0 Å². The van der Waals surface area contributed by atoms with Crippen LogP contribution in [0.5, 0.6) is 0 Å². The zero-order valence-electron chi connectivity index (χ0n) is 12.1. The summed E-state index contributed by atoms with van der Waals surface area (Å²) < 4.78 is 0. The number of aliphatic hydroxyl groups excluding tert-OH is 1.